The summed E-state index contributed by atoms with van der Waals surface area (Å²) in [5.41, 5.74) is 3.92. The van der Waals surface area contributed by atoms with Crippen LogP contribution in [0.4, 0.5) is 4.39 Å². The summed E-state index contributed by atoms with van der Waals surface area (Å²) in [5, 5.41) is 5.12. The van der Waals surface area contributed by atoms with Crippen molar-refractivity contribution in [1.82, 2.24) is 15.3 Å². The standard InChI is InChI=1S/C16H16FN3O2S/c1-2-16(21)18-6-10-3-13-14(17)4-12(5-15(13)20-10)22-7-11-8-23-9-19-11/h3-5,8-9,20H,2,6-7H2,1H3,(H,18,21). The lowest BCUT2D eigenvalue weighted by Crippen LogP contribution is -2.21. The Morgan fingerprint density at radius 2 is 2.30 bits per heavy atom. The van der Waals surface area contributed by atoms with Gasteiger partial charge < -0.3 is 15.0 Å². The van der Waals surface area contributed by atoms with Crippen molar-refractivity contribution in [2.75, 3.05) is 0 Å². The van der Waals surface area contributed by atoms with Gasteiger partial charge in [0.2, 0.25) is 5.91 Å². The van der Waals surface area contributed by atoms with E-state index in [0.29, 0.717) is 36.2 Å². The van der Waals surface area contributed by atoms with Gasteiger partial charge in [0.1, 0.15) is 18.2 Å². The van der Waals surface area contributed by atoms with E-state index >= 15 is 0 Å². The summed E-state index contributed by atoms with van der Waals surface area (Å²) >= 11 is 1.49. The minimum Gasteiger partial charge on any atom is -0.487 e. The first-order chi connectivity index (χ1) is 11.2. The number of hydrogen-bond acceptors (Lipinski definition) is 4. The van der Waals surface area contributed by atoms with Crippen LogP contribution in [-0.2, 0) is 17.9 Å². The molecule has 120 valence electrons. The van der Waals surface area contributed by atoms with Crippen molar-refractivity contribution in [2.24, 2.45) is 0 Å². The Bertz CT molecular complexity index is 814. The molecule has 7 heteroatoms. The van der Waals surface area contributed by atoms with Crippen LogP contribution in [0.2, 0.25) is 0 Å². The smallest absolute Gasteiger partial charge is 0.220 e. The minimum absolute atomic E-state index is 0.0450. The van der Waals surface area contributed by atoms with Crippen LogP contribution in [0.25, 0.3) is 10.9 Å². The fraction of sp³-hybridized carbons (Fsp3) is 0.250. The molecule has 2 N–H and O–H groups in total. The first kappa shape index (κ1) is 15.5. The Balaban J connectivity index is 1.76. The van der Waals surface area contributed by atoms with Crippen LogP contribution in [0, 0.1) is 5.82 Å². The maximum absolute atomic E-state index is 14.2. The third-order valence-electron chi connectivity index (χ3n) is 3.38. The molecule has 2 heterocycles. The summed E-state index contributed by atoms with van der Waals surface area (Å²) in [4.78, 5) is 18.5. The minimum atomic E-state index is -0.361. The van der Waals surface area contributed by atoms with E-state index in [0.717, 1.165) is 11.4 Å². The highest BCUT2D eigenvalue weighted by molar-refractivity contribution is 7.07. The van der Waals surface area contributed by atoms with E-state index in [4.69, 9.17) is 4.74 Å². The normalized spacial score (nSPS) is 10.9. The lowest BCUT2D eigenvalue weighted by Gasteiger charge is -2.05. The third kappa shape index (κ3) is 3.68. The maximum atomic E-state index is 14.2. The van der Waals surface area contributed by atoms with Crippen molar-refractivity contribution in [3.05, 3.63) is 46.3 Å². The summed E-state index contributed by atoms with van der Waals surface area (Å²) < 4.78 is 19.8. The monoisotopic (exact) mass is 333 g/mol. The Morgan fingerprint density at radius 3 is 3.04 bits per heavy atom. The number of benzene rings is 1. The van der Waals surface area contributed by atoms with E-state index in [-0.39, 0.29) is 11.7 Å². The van der Waals surface area contributed by atoms with Crippen molar-refractivity contribution in [3.8, 4) is 5.75 Å². The fourth-order valence-corrected chi connectivity index (χ4v) is 2.73. The van der Waals surface area contributed by atoms with Gasteiger partial charge in [-0.05, 0) is 6.07 Å². The van der Waals surface area contributed by atoms with Gasteiger partial charge in [-0.15, -0.1) is 11.3 Å². The molecule has 1 amide bonds. The molecule has 2 aromatic heterocycles. The van der Waals surface area contributed by atoms with Crippen molar-refractivity contribution in [3.63, 3.8) is 0 Å². The number of nitrogens with zero attached hydrogens (tertiary/aromatic N) is 1. The summed E-state index contributed by atoms with van der Waals surface area (Å²) in [6.07, 6.45) is 0.420. The topological polar surface area (TPSA) is 67.0 Å². The van der Waals surface area contributed by atoms with Crippen molar-refractivity contribution in [2.45, 2.75) is 26.5 Å². The molecule has 23 heavy (non-hydrogen) atoms. The molecular weight excluding hydrogens is 317 g/mol. The molecule has 0 aliphatic rings. The Kier molecular flexibility index (Phi) is 4.57. The summed E-state index contributed by atoms with van der Waals surface area (Å²) in [6, 6.07) is 4.80. The third-order valence-corrected chi connectivity index (χ3v) is 4.02. The van der Waals surface area contributed by atoms with Gasteiger partial charge in [0, 0.05) is 35.0 Å². The van der Waals surface area contributed by atoms with Crippen LogP contribution in [0.1, 0.15) is 24.7 Å². The highest BCUT2D eigenvalue weighted by Crippen LogP contribution is 2.25. The van der Waals surface area contributed by atoms with E-state index in [9.17, 15) is 9.18 Å². The first-order valence-electron chi connectivity index (χ1n) is 7.23. The van der Waals surface area contributed by atoms with Crippen LogP contribution in [0.5, 0.6) is 5.75 Å². The number of aromatic amines is 1. The lowest BCUT2D eigenvalue weighted by molar-refractivity contribution is -0.120. The van der Waals surface area contributed by atoms with Crippen LogP contribution >= 0.6 is 11.3 Å². The number of aromatic nitrogens is 2. The zero-order valence-electron chi connectivity index (χ0n) is 12.6. The molecule has 0 fully saturated rings. The van der Waals surface area contributed by atoms with E-state index in [1.807, 2.05) is 5.38 Å². The van der Waals surface area contributed by atoms with Crippen molar-refractivity contribution in [1.29, 1.82) is 0 Å². The van der Waals surface area contributed by atoms with Gasteiger partial charge in [0.05, 0.1) is 23.3 Å². The molecule has 0 spiro atoms. The van der Waals surface area contributed by atoms with Gasteiger partial charge in [0.25, 0.3) is 0 Å². The molecule has 1 aromatic carbocycles. The fourth-order valence-electron chi connectivity index (χ4n) is 2.19. The molecule has 0 bridgehead atoms. The van der Waals surface area contributed by atoms with Gasteiger partial charge in [-0.3, -0.25) is 4.79 Å². The molecule has 0 saturated heterocycles. The zero-order valence-corrected chi connectivity index (χ0v) is 13.4. The highest BCUT2D eigenvalue weighted by atomic mass is 32.1. The van der Waals surface area contributed by atoms with Gasteiger partial charge in [0.15, 0.2) is 0 Å². The number of carbonyl (C=O) groups excluding carboxylic acids is 1. The van der Waals surface area contributed by atoms with E-state index < -0.39 is 0 Å². The van der Waals surface area contributed by atoms with E-state index in [1.165, 1.54) is 17.4 Å². The van der Waals surface area contributed by atoms with E-state index in [2.05, 4.69) is 15.3 Å². The average Bonchev–Trinajstić information content (AvgIpc) is 3.20. The predicted octanol–water partition coefficient (Wildman–Crippen LogP) is 3.37. The van der Waals surface area contributed by atoms with Crippen LogP contribution in [-0.4, -0.2) is 15.9 Å². The van der Waals surface area contributed by atoms with Crippen LogP contribution < -0.4 is 10.1 Å². The van der Waals surface area contributed by atoms with Gasteiger partial charge >= 0.3 is 0 Å². The molecule has 0 aliphatic carbocycles. The zero-order chi connectivity index (χ0) is 16.2. The average molecular weight is 333 g/mol. The number of rotatable bonds is 6. The van der Waals surface area contributed by atoms with Gasteiger partial charge in [-0.1, -0.05) is 6.92 Å². The second-order valence-corrected chi connectivity index (χ2v) is 5.78. The first-order valence-corrected chi connectivity index (χ1v) is 8.17. The number of fused-ring (bicyclic) bond motifs is 1. The second kappa shape index (κ2) is 6.78. The number of hydrogen-bond donors (Lipinski definition) is 2. The quantitative estimate of drug-likeness (QED) is 0.727. The van der Waals surface area contributed by atoms with Gasteiger partial charge in [-0.25, -0.2) is 9.37 Å². The number of carbonyl (C=O) groups is 1. The van der Waals surface area contributed by atoms with Crippen molar-refractivity contribution < 1.29 is 13.9 Å². The molecule has 3 rings (SSSR count). The lowest BCUT2D eigenvalue weighted by atomic mass is 10.2. The molecule has 0 aliphatic heterocycles. The van der Waals surface area contributed by atoms with E-state index in [1.54, 1.807) is 24.6 Å². The maximum Gasteiger partial charge on any atom is 0.220 e. The van der Waals surface area contributed by atoms with Crippen molar-refractivity contribution >= 4 is 28.1 Å². The number of ether oxygens (including phenoxy) is 1. The number of halogens is 1. The predicted molar refractivity (Wildman–Crippen MR) is 86.8 cm³/mol. The Hall–Kier alpha value is -2.41. The summed E-state index contributed by atoms with van der Waals surface area (Å²) in [6.45, 7) is 2.43. The number of amides is 1. The Morgan fingerprint density at radius 1 is 1.43 bits per heavy atom. The molecule has 0 saturated carbocycles. The Labute approximate surface area is 136 Å². The molecule has 0 radical (unpaired) electrons. The summed E-state index contributed by atoms with van der Waals surface area (Å²) in [5.74, 6) is 0.0329. The van der Waals surface area contributed by atoms with Crippen LogP contribution in [0.15, 0.2) is 29.1 Å². The molecule has 0 atom stereocenters. The largest absolute Gasteiger partial charge is 0.487 e. The van der Waals surface area contributed by atoms with Gasteiger partial charge in [-0.2, -0.15) is 0 Å². The number of thiazole rings is 1. The van der Waals surface area contributed by atoms with Crippen LogP contribution in [0.3, 0.4) is 0 Å². The molecule has 3 aromatic rings. The summed E-state index contributed by atoms with van der Waals surface area (Å²) in [7, 11) is 0. The number of nitrogens with one attached hydrogen (secondary N) is 2. The molecule has 0 unspecified atom stereocenters. The highest BCUT2D eigenvalue weighted by Gasteiger charge is 2.10. The molecular formula is C16H16FN3O2S. The second-order valence-electron chi connectivity index (χ2n) is 5.06. The molecule has 5 nitrogen and oxygen atoms in total. The SMILES string of the molecule is CCC(=O)NCc1cc2c(F)cc(OCc3cscn3)cc2[nH]1. The number of H-pyrrole nitrogens is 1.